The lowest BCUT2D eigenvalue weighted by Crippen LogP contribution is -2.07. The van der Waals surface area contributed by atoms with Crippen molar-refractivity contribution in [1.29, 1.82) is 0 Å². The summed E-state index contributed by atoms with van der Waals surface area (Å²) in [6.45, 7) is 6.42. The third-order valence-corrected chi connectivity index (χ3v) is 11.5. The molecule has 0 saturated carbocycles. The number of hydrogen-bond acceptors (Lipinski definition) is 6. The smallest absolute Gasteiger partial charge is 0.238 e. The molecule has 12 aromatic rings. The van der Waals surface area contributed by atoms with E-state index in [9.17, 15) is 0 Å². The molecule has 61 heavy (non-hydrogen) atoms. The van der Waals surface area contributed by atoms with Gasteiger partial charge in [-0.25, -0.2) is 9.97 Å². The molecular formula is C53H34N6O2. The Morgan fingerprint density at radius 1 is 0.525 bits per heavy atom. The summed E-state index contributed by atoms with van der Waals surface area (Å²) < 4.78 is 17.8. The molecule has 0 aliphatic heterocycles. The Kier molecular flexibility index (Phi) is 7.73. The van der Waals surface area contributed by atoms with Crippen LogP contribution in [0.1, 0.15) is 18.2 Å². The van der Waals surface area contributed by atoms with Crippen molar-refractivity contribution in [2.45, 2.75) is 6.92 Å². The van der Waals surface area contributed by atoms with Crippen LogP contribution in [0.2, 0.25) is 0 Å². The summed E-state index contributed by atoms with van der Waals surface area (Å²) in [5.41, 5.74) is 11.1. The minimum atomic E-state index is 0.476. The highest BCUT2D eigenvalue weighted by molar-refractivity contribution is 6.20. The van der Waals surface area contributed by atoms with Gasteiger partial charge in [-0.2, -0.15) is 9.97 Å². The summed E-state index contributed by atoms with van der Waals surface area (Å²) in [6, 6.07) is 53.3. The van der Waals surface area contributed by atoms with Gasteiger partial charge in [0.2, 0.25) is 11.8 Å². The number of aromatic nitrogens is 6. The molecule has 0 aliphatic carbocycles. The molecule has 8 heteroatoms. The van der Waals surface area contributed by atoms with Crippen LogP contribution in [-0.2, 0) is 0 Å². The van der Waals surface area contributed by atoms with Crippen LogP contribution in [0, 0.1) is 0 Å². The molecule has 288 valence electrons. The number of rotatable bonds is 7. The van der Waals surface area contributed by atoms with Crippen molar-refractivity contribution in [3.63, 3.8) is 0 Å². The first kappa shape index (κ1) is 34.7. The Balaban J connectivity index is 1.19. The maximum atomic E-state index is 6.89. The van der Waals surface area contributed by atoms with E-state index in [0.29, 0.717) is 29.1 Å². The lowest BCUT2D eigenvalue weighted by atomic mass is 10.1. The van der Waals surface area contributed by atoms with Gasteiger partial charge >= 0.3 is 0 Å². The SMILES string of the molecule is C=Cc1c(/C=C\C)c2ccc3c4ccccc4n(-c4nc(-c5ccccc5)nc(-c5ccccc5)n4)c3c2n1-c1cccc2nc(-c3cccc4c3oc3ccccc34)oc12. The summed E-state index contributed by atoms with van der Waals surface area (Å²) >= 11 is 0. The maximum Gasteiger partial charge on any atom is 0.238 e. The van der Waals surface area contributed by atoms with Gasteiger partial charge < -0.3 is 13.4 Å². The van der Waals surface area contributed by atoms with Crippen molar-refractivity contribution in [3.05, 3.63) is 182 Å². The molecule has 0 radical (unpaired) electrons. The first-order valence-electron chi connectivity index (χ1n) is 20.2. The highest BCUT2D eigenvalue weighted by atomic mass is 16.4. The molecule has 7 aromatic carbocycles. The molecule has 12 rings (SSSR count). The van der Waals surface area contributed by atoms with E-state index in [1.165, 1.54) is 0 Å². The highest BCUT2D eigenvalue weighted by Crippen LogP contribution is 2.43. The number of para-hydroxylation sites is 4. The van der Waals surface area contributed by atoms with Crippen LogP contribution >= 0.6 is 0 Å². The summed E-state index contributed by atoms with van der Waals surface area (Å²) in [5.74, 6) is 2.14. The summed E-state index contributed by atoms with van der Waals surface area (Å²) in [5, 5.41) is 5.22. The molecule has 0 bridgehead atoms. The second-order valence-corrected chi connectivity index (χ2v) is 15.0. The van der Waals surface area contributed by atoms with Crippen molar-refractivity contribution in [2.75, 3.05) is 0 Å². The fourth-order valence-electron chi connectivity index (χ4n) is 8.90. The highest BCUT2D eigenvalue weighted by Gasteiger charge is 2.26. The van der Waals surface area contributed by atoms with Crippen molar-refractivity contribution in [2.24, 2.45) is 0 Å². The van der Waals surface area contributed by atoms with Crippen LogP contribution < -0.4 is 0 Å². The molecule has 0 saturated heterocycles. The molecule has 0 aliphatic rings. The molecular weight excluding hydrogens is 753 g/mol. The quantitative estimate of drug-likeness (QED) is 0.160. The molecule has 8 nitrogen and oxygen atoms in total. The average molecular weight is 787 g/mol. The van der Waals surface area contributed by atoms with E-state index in [1.807, 2.05) is 116 Å². The van der Waals surface area contributed by atoms with Crippen LogP contribution in [0.3, 0.4) is 0 Å². The van der Waals surface area contributed by atoms with Crippen molar-refractivity contribution in [3.8, 4) is 45.9 Å². The first-order valence-corrected chi connectivity index (χ1v) is 20.2. The maximum absolute atomic E-state index is 6.89. The van der Waals surface area contributed by atoms with E-state index in [0.717, 1.165) is 93.8 Å². The fourth-order valence-corrected chi connectivity index (χ4v) is 8.90. The Labute approximate surface area is 349 Å². The Morgan fingerprint density at radius 3 is 1.93 bits per heavy atom. The average Bonchev–Trinajstić information content (AvgIpc) is 4.09. The minimum Gasteiger partial charge on any atom is -0.455 e. The minimum absolute atomic E-state index is 0.476. The molecule has 0 amide bonds. The van der Waals surface area contributed by atoms with Crippen molar-refractivity contribution in [1.82, 2.24) is 29.1 Å². The monoisotopic (exact) mass is 786 g/mol. The molecule has 5 aromatic heterocycles. The van der Waals surface area contributed by atoms with Crippen molar-refractivity contribution < 1.29 is 8.83 Å². The largest absolute Gasteiger partial charge is 0.455 e. The number of nitrogens with zero attached hydrogens (tertiary/aromatic N) is 6. The Morgan fingerprint density at radius 2 is 1.18 bits per heavy atom. The lowest BCUT2D eigenvalue weighted by Gasteiger charge is -2.13. The molecule has 0 spiro atoms. The van der Waals surface area contributed by atoms with Crippen molar-refractivity contribution >= 4 is 77.9 Å². The second kappa shape index (κ2) is 13.6. The van der Waals surface area contributed by atoms with Gasteiger partial charge in [0.15, 0.2) is 17.2 Å². The zero-order valence-corrected chi connectivity index (χ0v) is 33.0. The number of fused-ring (bicyclic) bond motifs is 9. The van der Waals surface area contributed by atoms with Crippen LogP contribution in [-0.4, -0.2) is 29.1 Å². The summed E-state index contributed by atoms with van der Waals surface area (Å²) in [6.07, 6.45) is 6.13. The number of benzene rings is 7. The zero-order chi connectivity index (χ0) is 40.6. The van der Waals surface area contributed by atoms with Gasteiger partial charge in [0, 0.05) is 43.6 Å². The van der Waals surface area contributed by atoms with E-state index < -0.39 is 0 Å². The van der Waals surface area contributed by atoms with Crippen LogP contribution in [0.15, 0.2) is 179 Å². The van der Waals surface area contributed by atoms with Gasteiger partial charge in [0.05, 0.1) is 33.5 Å². The van der Waals surface area contributed by atoms with Gasteiger partial charge in [-0.3, -0.25) is 4.57 Å². The van der Waals surface area contributed by atoms with E-state index in [4.69, 9.17) is 28.8 Å². The van der Waals surface area contributed by atoms with E-state index >= 15 is 0 Å². The zero-order valence-electron chi connectivity index (χ0n) is 33.0. The molecule has 0 fully saturated rings. The lowest BCUT2D eigenvalue weighted by molar-refractivity contribution is 0.613. The van der Waals surface area contributed by atoms with Gasteiger partial charge in [-0.05, 0) is 43.3 Å². The fraction of sp³-hybridized carbons (Fsp3) is 0.0189. The molecule has 0 atom stereocenters. The second-order valence-electron chi connectivity index (χ2n) is 15.0. The third-order valence-electron chi connectivity index (χ3n) is 11.5. The predicted molar refractivity (Wildman–Crippen MR) is 247 cm³/mol. The molecule has 0 N–H and O–H groups in total. The van der Waals surface area contributed by atoms with Gasteiger partial charge in [-0.1, -0.05) is 146 Å². The molecule has 5 heterocycles. The van der Waals surface area contributed by atoms with Gasteiger partial charge in [-0.15, -0.1) is 0 Å². The number of furan rings is 1. The topological polar surface area (TPSA) is 87.7 Å². The van der Waals surface area contributed by atoms with Gasteiger partial charge in [0.1, 0.15) is 16.7 Å². The van der Waals surface area contributed by atoms with E-state index in [2.05, 4.69) is 82.5 Å². The Bertz CT molecular complexity index is 3680. The van der Waals surface area contributed by atoms with Crippen LogP contribution in [0.5, 0.6) is 0 Å². The standard InChI is InChI=1S/C53H34N6O2/c1-3-17-34-37-30-31-38-35-22-11-13-27-43(35)59(53-56-50(32-18-7-5-8-19-32)55-51(57-53)33-20-9-6-10-21-33)47(38)46(37)58(42(34)4-2)44-28-16-26-41-49(44)61-52(54-41)40-25-15-24-39-36-23-12-14-29-45(36)60-48(39)40/h3-31H,2H2,1H3/b17-3-. The number of oxazole rings is 1. The van der Waals surface area contributed by atoms with Gasteiger partial charge in [0.25, 0.3) is 0 Å². The Hall–Kier alpha value is -8.36. The molecule has 0 unspecified atom stereocenters. The third kappa shape index (κ3) is 5.25. The first-order chi connectivity index (χ1) is 30.2. The normalized spacial score (nSPS) is 12.0. The van der Waals surface area contributed by atoms with Crippen LogP contribution in [0.4, 0.5) is 0 Å². The summed E-state index contributed by atoms with van der Waals surface area (Å²) in [4.78, 5) is 20.6. The number of allylic oxidation sites excluding steroid dienone is 1. The van der Waals surface area contributed by atoms with E-state index in [1.54, 1.807) is 0 Å². The van der Waals surface area contributed by atoms with Crippen LogP contribution in [0.25, 0.3) is 124 Å². The van der Waals surface area contributed by atoms with E-state index in [-0.39, 0.29) is 0 Å². The summed E-state index contributed by atoms with van der Waals surface area (Å²) in [7, 11) is 0. The predicted octanol–water partition coefficient (Wildman–Crippen LogP) is 13.6. The number of hydrogen-bond donors (Lipinski definition) is 0.